The van der Waals surface area contributed by atoms with Crippen LogP contribution in [0.3, 0.4) is 0 Å². The Labute approximate surface area is 273 Å². The van der Waals surface area contributed by atoms with Gasteiger partial charge in [-0.25, -0.2) is 8.78 Å². The molecule has 0 unspecified atom stereocenters. The van der Waals surface area contributed by atoms with Crippen molar-refractivity contribution in [1.82, 2.24) is 4.98 Å². The molecule has 1 aliphatic rings. The number of halogens is 2. The number of ether oxygens (including phenoxy) is 3. The summed E-state index contributed by atoms with van der Waals surface area (Å²) in [6.45, 7) is 2.31. The average molecular weight is 632 g/mol. The first kappa shape index (κ1) is 33.4. The van der Waals surface area contributed by atoms with Gasteiger partial charge in [-0.3, -0.25) is 19.4 Å². The van der Waals surface area contributed by atoms with Gasteiger partial charge in [0.15, 0.2) is 23.1 Å². The summed E-state index contributed by atoms with van der Waals surface area (Å²) in [6.07, 6.45) is 2.42. The first-order chi connectivity index (χ1) is 21.2. The second-order valence-corrected chi connectivity index (χ2v) is 10.1. The number of nitrogens with one attached hydrogen (secondary N) is 2. The van der Waals surface area contributed by atoms with Gasteiger partial charge in [0.1, 0.15) is 17.0 Å². The highest BCUT2D eigenvalue weighted by molar-refractivity contribution is 6.16. The molecule has 13 heteroatoms. The predicted molar refractivity (Wildman–Crippen MR) is 166 cm³/mol. The van der Waals surface area contributed by atoms with Crippen molar-refractivity contribution in [1.29, 1.82) is 0 Å². The number of aliphatic carboxylic acids is 1. The molecule has 1 fully saturated rings. The molecule has 3 N–H and O–H groups in total. The third-order valence-electron chi connectivity index (χ3n) is 6.99. The van der Waals surface area contributed by atoms with Crippen LogP contribution in [-0.2, 0) is 14.4 Å². The van der Waals surface area contributed by atoms with Gasteiger partial charge in [-0.2, -0.15) is 0 Å². The molecule has 0 aliphatic heterocycles. The zero-order valence-electron chi connectivity index (χ0n) is 23.7. The van der Waals surface area contributed by atoms with Crippen LogP contribution in [0.25, 0.3) is 10.9 Å². The number of carbonyl (C=O) groups excluding carboxylic acids is 2. The van der Waals surface area contributed by atoms with Crippen LogP contribution in [0.15, 0.2) is 66.9 Å². The molecule has 10 nitrogen and oxygen atoms in total. The van der Waals surface area contributed by atoms with Gasteiger partial charge < -0.3 is 30.0 Å². The quantitative estimate of drug-likeness (QED) is 0.102. The molecule has 1 saturated carbocycles. The lowest BCUT2D eigenvalue weighted by Gasteiger charge is -2.16. The lowest BCUT2D eigenvalue weighted by Crippen LogP contribution is -2.35. The van der Waals surface area contributed by atoms with Crippen LogP contribution in [-0.4, -0.2) is 64.1 Å². The number of rotatable bonds is 13. The molecule has 4 aromatic rings. The van der Waals surface area contributed by atoms with Gasteiger partial charge >= 0.3 is 29.0 Å². The molecular weight excluding hydrogens is 601 g/mol. The number of aromatic nitrogens is 1. The minimum Gasteiger partial charge on any atom is -0.490 e. The number of fused-ring (bicyclic) bond motifs is 1. The zero-order chi connectivity index (χ0) is 31.3. The molecule has 5 rings (SSSR count). The fourth-order valence-corrected chi connectivity index (χ4v) is 4.50. The van der Waals surface area contributed by atoms with Gasteiger partial charge in [0.05, 0.1) is 18.7 Å². The molecule has 2 amide bonds. The number of benzene rings is 3. The van der Waals surface area contributed by atoms with E-state index in [1.165, 1.54) is 42.6 Å². The number of amides is 2. The van der Waals surface area contributed by atoms with Crippen LogP contribution in [0.4, 0.5) is 20.2 Å². The van der Waals surface area contributed by atoms with Crippen molar-refractivity contribution >= 4 is 63.1 Å². The third kappa shape index (κ3) is 7.97. The maximum atomic E-state index is 15.2. The SMILES string of the molecule is CCOc1cc2c(Oc3ccc(NC(=O)C4(C(=O)Nc5ccc(F)cc5)CC4)cc3F)ccnc2cc1OCCCC(=O)O.[MgH2]. The lowest BCUT2D eigenvalue weighted by molar-refractivity contribution is -0.137. The highest BCUT2D eigenvalue weighted by Gasteiger charge is 2.56. The summed E-state index contributed by atoms with van der Waals surface area (Å²) in [7, 11) is 0. The maximum absolute atomic E-state index is 15.2. The van der Waals surface area contributed by atoms with Crippen molar-refractivity contribution in [3.8, 4) is 23.0 Å². The Morgan fingerprint density at radius 1 is 0.867 bits per heavy atom. The Kier molecular flexibility index (Phi) is 10.8. The third-order valence-corrected chi connectivity index (χ3v) is 6.99. The standard InChI is InChI=1S/C32H29F2N3O7.Mg.2H/c1-2-42-27-17-22-24(18-28(27)43-15-3-4-29(38)39)35-14-11-25(22)44-26-10-9-21(16-23(26)34)37-31(41)32(12-13-32)30(40)36-20-7-5-19(33)6-8-20;;;/h5-11,14,16-18H,2-4,12-13,15H2,1H3,(H,36,40)(H,37,41)(H,38,39);;;. The summed E-state index contributed by atoms with van der Waals surface area (Å²) in [5.74, 6) is -2.26. The normalized spacial score (nSPS) is 12.9. The molecule has 0 saturated heterocycles. The van der Waals surface area contributed by atoms with Gasteiger partial charge in [0, 0.05) is 41.5 Å². The van der Waals surface area contributed by atoms with Gasteiger partial charge in [-0.05, 0) is 74.7 Å². The van der Waals surface area contributed by atoms with Crippen LogP contribution in [0.5, 0.6) is 23.0 Å². The number of carboxylic acids is 1. The predicted octanol–water partition coefficient (Wildman–Crippen LogP) is 5.39. The molecule has 1 heterocycles. The Hall–Kier alpha value is -4.49. The van der Waals surface area contributed by atoms with Crippen LogP contribution in [0, 0.1) is 17.0 Å². The van der Waals surface area contributed by atoms with Crippen molar-refractivity contribution in [2.45, 2.75) is 32.6 Å². The molecular formula is C32H31F2MgN3O7. The first-order valence-electron chi connectivity index (χ1n) is 13.9. The van der Waals surface area contributed by atoms with Crippen molar-refractivity contribution in [2.24, 2.45) is 5.41 Å². The fourth-order valence-electron chi connectivity index (χ4n) is 4.50. The second kappa shape index (κ2) is 14.5. The molecule has 232 valence electrons. The first-order valence-corrected chi connectivity index (χ1v) is 13.9. The van der Waals surface area contributed by atoms with Crippen molar-refractivity contribution in [3.05, 3.63) is 78.5 Å². The highest BCUT2D eigenvalue weighted by Crippen LogP contribution is 2.47. The Morgan fingerprint density at radius 2 is 1.53 bits per heavy atom. The van der Waals surface area contributed by atoms with E-state index in [9.17, 15) is 18.8 Å². The number of hydrogen-bond acceptors (Lipinski definition) is 7. The molecule has 0 atom stereocenters. The number of hydrogen-bond donors (Lipinski definition) is 3. The smallest absolute Gasteiger partial charge is 0.316 e. The summed E-state index contributed by atoms with van der Waals surface area (Å²) in [4.78, 5) is 41.0. The molecule has 3 aromatic carbocycles. The summed E-state index contributed by atoms with van der Waals surface area (Å²) >= 11 is 0. The number of carbonyl (C=O) groups is 3. The molecule has 1 aromatic heterocycles. The van der Waals surface area contributed by atoms with Crippen LogP contribution >= 0.6 is 0 Å². The van der Waals surface area contributed by atoms with E-state index in [1.807, 2.05) is 0 Å². The number of carboxylic acid groups (broad SMARTS) is 1. The molecule has 0 bridgehead atoms. The maximum Gasteiger partial charge on any atom is 0.316 e. The summed E-state index contributed by atoms with van der Waals surface area (Å²) in [5, 5.41) is 14.6. The number of nitrogens with zero attached hydrogens (tertiary/aromatic N) is 1. The average Bonchev–Trinajstić information content (AvgIpc) is 3.81. The number of anilines is 2. The fraction of sp³-hybridized carbons (Fsp3) is 0.250. The van der Waals surface area contributed by atoms with Gasteiger partial charge in [0.2, 0.25) is 11.8 Å². The van der Waals surface area contributed by atoms with E-state index in [2.05, 4.69) is 15.6 Å². The summed E-state index contributed by atoms with van der Waals surface area (Å²) in [6, 6.07) is 14.0. The van der Waals surface area contributed by atoms with Crippen LogP contribution in [0.2, 0.25) is 0 Å². The van der Waals surface area contributed by atoms with E-state index < -0.39 is 34.8 Å². The molecule has 45 heavy (non-hydrogen) atoms. The van der Waals surface area contributed by atoms with Crippen molar-refractivity contribution in [2.75, 3.05) is 23.8 Å². The van der Waals surface area contributed by atoms with E-state index in [4.69, 9.17) is 19.3 Å². The van der Waals surface area contributed by atoms with Crippen molar-refractivity contribution < 1.29 is 42.5 Å². The topological polar surface area (TPSA) is 136 Å². The van der Waals surface area contributed by atoms with E-state index >= 15 is 4.39 Å². The Balaban J connectivity index is 0.00000461. The highest BCUT2D eigenvalue weighted by atomic mass is 24.3. The van der Waals surface area contributed by atoms with E-state index in [0.29, 0.717) is 59.7 Å². The number of pyridine rings is 1. The monoisotopic (exact) mass is 631 g/mol. The second-order valence-electron chi connectivity index (χ2n) is 10.1. The molecule has 0 spiro atoms. The van der Waals surface area contributed by atoms with Crippen molar-refractivity contribution in [3.63, 3.8) is 0 Å². The largest absolute Gasteiger partial charge is 0.490 e. The minimum absolute atomic E-state index is 0. The lowest BCUT2D eigenvalue weighted by atomic mass is 10.0. The van der Waals surface area contributed by atoms with Gasteiger partial charge in [-0.1, -0.05) is 0 Å². The van der Waals surface area contributed by atoms with Gasteiger partial charge in [-0.15, -0.1) is 0 Å². The molecule has 0 radical (unpaired) electrons. The Morgan fingerprint density at radius 3 is 2.18 bits per heavy atom. The summed E-state index contributed by atoms with van der Waals surface area (Å²) < 4.78 is 45.7. The molecule has 1 aliphatic carbocycles. The van der Waals surface area contributed by atoms with E-state index in [-0.39, 0.29) is 47.5 Å². The minimum atomic E-state index is -1.30. The van der Waals surface area contributed by atoms with E-state index in [0.717, 1.165) is 6.07 Å². The van der Waals surface area contributed by atoms with Crippen LogP contribution in [0.1, 0.15) is 32.6 Å². The zero-order valence-corrected chi connectivity index (χ0v) is 23.7. The Bertz CT molecular complexity index is 1720. The summed E-state index contributed by atoms with van der Waals surface area (Å²) in [5.41, 5.74) is -0.312. The van der Waals surface area contributed by atoms with Crippen LogP contribution < -0.4 is 24.8 Å². The van der Waals surface area contributed by atoms with Gasteiger partial charge in [0.25, 0.3) is 0 Å². The van der Waals surface area contributed by atoms with E-state index in [1.54, 1.807) is 25.1 Å².